The lowest BCUT2D eigenvalue weighted by Crippen LogP contribution is -2.47. The van der Waals surface area contributed by atoms with Crippen LogP contribution in [0.4, 0.5) is 5.69 Å². The molecule has 0 unspecified atom stereocenters. The van der Waals surface area contributed by atoms with Gasteiger partial charge in [-0.05, 0) is 56.2 Å². The van der Waals surface area contributed by atoms with Crippen LogP contribution in [0, 0.1) is 0 Å². The van der Waals surface area contributed by atoms with Crippen molar-refractivity contribution in [2.45, 2.75) is 39.3 Å². The van der Waals surface area contributed by atoms with E-state index in [2.05, 4.69) is 5.32 Å². The zero-order chi connectivity index (χ0) is 25.5. The van der Waals surface area contributed by atoms with Crippen LogP contribution in [-0.4, -0.2) is 50.5 Å². The van der Waals surface area contributed by atoms with Crippen LogP contribution < -0.4 is 9.62 Å². The number of amides is 2. The highest BCUT2D eigenvalue weighted by Crippen LogP contribution is 2.25. The van der Waals surface area contributed by atoms with Crippen LogP contribution in [0.25, 0.3) is 0 Å². The number of hydrogen-bond donors (Lipinski definition) is 1. The Morgan fingerprint density at radius 1 is 1.06 bits per heavy atom. The Labute approximate surface area is 216 Å². The fourth-order valence-corrected chi connectivity index (χ4v) is 4.98. The maximum absolute atomic E-state index is 13.2. The summed E-state index contributed by atoms with van der Waals surface area (Å²) in [6, 6.07) is 10.7. The van der Waals surface area contributed by atoms with E-state index < -0.39 is 16.1 Å². The Bertz CT molecular complexity index is 1130. The second-order valence-electron chi connectivity index (χ2n) is 7.75. The molecule has 2 rings (SSSR count). The molecule has 0 fully saturated rings. The second kappa shape index (κ2) is 12.6. The highest BCUT2D eigenvalue weighted by molar-refractivity contribution is 7.92. The zero-order valence-corrected chi connectivity index (χ0v) is 22.3. The van der Waals surface area contributed by atoms with Gasteiger partial charge in [0, 0.05) is 41.1 Å². The average molecular weight is 549 g/mol. The van der Waals surface area contributed by atoms with Gasteiger partial charge in [0.05, 0.1) is 11.9 Å². The highest BCUT2D eigenvalue weighted by atomic mass is 35.5. The number of nitrogens with one attached hydrogen (secondary N) is 1. The largest absolute Gasteiger partial charge is 0.355 e. The summed E-state index contributed by atoms with van der Waals surface area (Å²) >= 11 is 18.3. The maximum Gasteiger partial charge on any atom is 0.242 e. The molecule has 0 bridgehead atoms. The summed E-state index contributed by atoms with van der Waals surface area (Å²) in [5.74, 6) is -0.595. The van der Waals surface area contributed by atoms with Crippen molar-refractivity contribution >= 4 is 62.3 Å². The van der Waals surface area contributed by atoms with Gasteiger partial charge in [0.2, 0.25) is 21.8 Å². The molecule has 2 aromatic carbocycles. The molecule has 11 heteroatoms. The molecule has 1 atom stereocenters. The molecule has 0 aliphatic rings. The fraction of sp³-hybridized carbons (Fsp3) is 0.391. The van der Waals surface area contributed by atoms with E-state index >= 15 is 0 Å². The lowest BCUT2D eigenvalue weighted by molar-refractivity contribution is -0.140. The quantitative estimate of drug-likeness (QED) is 0.439. The Balaban J connectivity index is 2.19. The van der Waals surface area contributed by atoms with Gasteiger partial charge >= 0.3 is 0 Å². The fourth-order valence-electron chi connectivity index (χ4n) is 3.37. The minimum Gasteiger partial charge on any atom is -0.355 e. The normalized spacial score (nSPS) is 12.2. The van der Waals surface area contributed by atoms with E-state index in [0.717, 1.165) is 6.26 Å². The van der Waals surface area contributed by atoms with Crippen LogP contribution in [0.1, 0.15) is 32.3 Å². The highest BCUT2D eigenvalue weighted by Gasteiger charge is 2.27. The third-order valence-electron chi connectivity index (χ3n) is 5.12. The number of benzene rings is 2. The van der Waals surface area contributed by atoms with E-state index in [4.69, 9.17) is 34.8 Å². The van der Waals surface area contributed by atoms with E-state index in [1.54, 1.807) is 56.3 Å². The minimum absolute atomic E-state index is 0.0293. The van der Waals surface area contributed by atoms with Crippen LogP contribution in [0.3, 0.4) is 0 Å². The molecule has 0 aliphatic carbocycles. The standard InChI is InChI=1S/C23H28Cl3N3O4S/c1-4-27-23(31)16(2)28(15-17-10-11-19(25)14-21(17)26)22(30)9-6-12-29(34(3,32)33)20-8-5-7-18(24)13-20/h5,7-8,10-11,13-14,16H,4,6,9,12,15H2,1-3H3,(H,27,31)/t16-/m0/s1. The third kappa shape index (κ3) is 8.05. The zero-order valence-electron chi connectivity index (χ0n) is 19.2. The lowest BCUT2D eigenvalue weighted by Gasteiger charge is -2.29. The molecule has 7 nitrogen and oxygen atoms in total. The molecule has 0 saturated heterocycles. The van der Waals surface area contributed by atoms with Crippen molar-refractivity contribution in [2.24, 2.45) is 0 Å². The molecule has 0 spiro atoms. The molecule has 186 valence electrons. The van der Waals surface area contributed by atoms with Gasteiger partial charge in [-0.15, -0.1) is 0 Å². The second-order valence-corrected chi connectivity index (χ2v) is 10.9. The molecule has 0 heterocycles. The maximum atomic E-state index is 13.2. The predicted molar refractivity (Wildman–Crippen MR) is 138 cm³/mol. The van der Waals surface area contributed by atoms with Crippen LogP contribution in [0.2, 0.25) is 15.1 Å². The van der Waals surface area contributed by atoms with E-state index in [-0.39, 0.29) is 37.7 Å². The number of carbonyl (C=O) groups excluding carboxylic acids is 2. The van der Waals surface area contributed by atoms with Crippen molar-refractivity contribution in [2.75, 3.05) is 23.7 Å². The number of nitrogens with zero attached hydrogens (tertiary/aromatic N) is 2. The molecule has 34 heavy (non-hydrogen) atoms. The summed E-state index contributed by atoms with van der Waals surface area (Å²) in [5, 5.41) is 3.98. The molecule has 2 aromatic rings. The van der Waals surface area contributed by atoms with Gasteiger partial charge < -0.3 is 10.2 Å². The monoisotopic (exact) mass is 547 g/mol. The first-order valence-corrected chi connectivity index (χ1v) is 13.7. The number of sulfonamides is 1. The third-order valence-corrected chi connectivity index (χ3v) is 7.14. The Morgan fingerprint density at radius 3 is 2.32 bits per heavy atom. The van der Waals surface area contributed by atoms with Crippen molar-refractivity contribution in [3.8, 4) is 0 Å². The van der Waals surface area contributed by atoms with E-state index in [1.165, 1.54) is 9.21 Å². The Hall–Kier alpha value is -2.00. The summed E-state index contributed by atoms with van der Waals surface area (Å²) in [6.07, 6.45) is 1.37. The minimum atomic E-state index is -3.59. The van der Waals surface area contributed by atoms with Crippen molar-refractivity contribution in [1.29, 1.82) is 0 Å². The first-order chi connectivity index (χ1) is 15.9. The summed E-state index contributed by atoms with van der Waals surface area (Å²) in [6.45, 7) is 4.05. The predicted octanol–water partition coefficient (Wildman–Crippen LogP) is 4.75. The number of likely N-dealkylation sites (N-methyl/N-ethyl adjacent to an activating group) is 1. The van der Waals surface area contributed by atoms with Gasteiger partial charge in [-0.1, -0.05) is 46.9 Å². The number of anilines is 1. The van der Waals surface area contributed by atoms with E-state index in [9.17, 15) is 18.0 Å². The van der Waals surface area contributed by atoms with E-state index in [1.807, 2.05) is 0 Å². The van der Waals surface area contributed by atoms with Gasteiger partial charge in [0.15, 0.2) is 0 Å². The molecule has 1 N–H and O–H groups in total. The Kier molecular flexibility index (Phi) is 10.5. The molecule has 0 radical (unpaired) electrons. The summed E-state index contributed by atoms with van der Waals surface area (Å²) < 4.78 is 25.9. The molecular formula is C23H28Cl3N3O4S. The lowest BCUT2D eigenvalue weighted by atomic mass is 10.1. The smallest absolute Gasteiger partial charge is 0.242 e. The van der Waals surface area contributed by atoms with Gasteiger partial charge in [-0.25, -0.2) is 8.42 Å². The van der Waals surface area contributed by atoms with Gasteiger partial charge in [-0.3, -0.25) is 13.9 Å². The summed E-state index contributed by atoms with van der Waals surface area (Å²) in [7, 11) is -3.59. The van der Waals surface area contributed by atoms with Crippen molar-refractivity contribution in [3.63, 3.8) is 0 Å². The van der Waals surface area contributed by atoms with Crippen molar-refractivity contribution in [3.05, 3.63) is 63.1 Å². The number of halogens is 3. The SMILES string of the molecule is CCNC(=O)[C@H](C)N(Cc1ccc(Cl)cc1Cl)C(=O)CCCN(c1cccc(Cl)c1)S(C)(=O)=O. The number of rotatable bonds is 11. The molecule has 2 amide bonds. The van der Waals surface area contributed by atoms with E-state index in [0.29, 0.717) is 32.9 Å². The van der Waals surface area contributed by atoms with Crippen LogP contribution in [0.5, 0.6) is 0 Å². The first-order valence-electron chi connectivity index (χ1n) is 10.7. The Morgan fingerprint density at radius 2 is 1.74 bits per heavy atom. The van der Waals surface area contributed by atoms with Crippen molar-refractivity contribution in [1.82, 2.24) is 10.2 Å². The van der Waals surface area contributed by atoms with Crippen molar-refractivity contribution < 1.29 is 18.0 Å². The van der Waals surface area contributed by atoms with Crippen LogP contribution >= 0.6 is 34.8 Å². The topological polar surface area (TPSA) is 86.8 Å². The number of hydrogen-bond acceptors (Lipinski definition) is 4. The van der Waals surface area contributed by atoms with Crippen LogP contribution in [-0.2, 0) is 26.2 Å². The first kappa shape index (κ1) is 28.2. The average Bonchev–Trinajstić information content (AvgIpc) is 2.75. The summed E-state index contributed by atoms with van der Waals surface area (Å²) in [4.78, 5) is 27.1. The molecular weight excluding hydrogens is 521 g/mol. The van der Waals surface area contributed by atoms with Gasteiger partial charge in [-0.2, -0.15) is 0 Å². The van der Waals surface area contributed by atoms with Gasteiger partial charge in [0.25, 0.3) is 0 Å². The molecule has 0 aliphatic heterocycles. The van der Waals surface area contributed by atoms with Gasteiger partial charge in [0.1, 0.15) is 6.04 Å². The molecule has 0 saturated carbocycles. The number of carbonyl (C=O) groups is 2. The summed E-state index contributed by atoms with van der Waals surface area (Å²) in [5.41, 5.74) is 1.06. The molecule has 0 aromatic heterocycles. The van der Waals surface area contributed by atoms with Crippen LogP contribution in [0.15, 0.2) is 42.5 Å².